The summed E-state index contributed by atoms with van der Waals surface area (Å²) in [5.41, 5.74) is 2.89. The van der Waals surface area contributed by atoms with Crippen molar-refractivity contribution in [3.8, 4) is 0 Å². The second-order valence-electron chi connectivity index (χ2n) is 5.69. The molecule has 106 valence electrons. The number of nitrogens with one attached hydrogen (secondary N) is 1. The zero-order valence-corrected chi connectivity index (χ0v) is 12.5. The van der Waals surface area contributed by atoms with Gasteiger partial charge in [0.25, 0.3) is 0 Å². The summed E-state index contributed by atoms with van der Waals surface area (Å²) in [6, 6.07) is 8.63. The van der Waals surface area contributed by atoms with E-state index in [1.807, 2.05) is 6.92 Å². The standard InChI is InChI=1S/C15H23NO2S/c1-12(11-19(2,17)18)16-10-14-8-5-7-13-6-3-4-9-15(13)14/h3-4,6,9,12,14,16H,5,7-8,10-11H2,1-2H3. The molecular weight excluding hydrogens is 258 g/mol. The fourth-order valence-electron chi connectivity index (χ4n) is 2.92. The molecule has 1 aliphatic carbocycles. The fourth-order valence-corrected chi connectivity index (χ4v) is 3.95. The van der Waals surface area contributed by atoms with Gasteiger partial charge in [-0.05, 0) is 43.2 Å². The van der Waals surface area contributed by atoms with E-state index in [1.165, 1.54) is 36.6 Å². The van der Waals surface area contributed by atoms with Gasteiger partial charge >= 0.3 is 0 Å². The van der Waals surface area contributed by atoms with Crippen LogP contribution < -0.4 is 5.32 Å². The molecule has 0 spiro atoms. The molecule has 0 saturated carbocycles. The van der Waals surface area contributed by atoms with Gasteiger partial charge in [-0.15, -0.1) is 0 Å². The molecule has 19 heavy (non-hydrogen) atoms. The molecule has 1 aliphatic rings. The average Bonchev–Trinajstić information content (AvgIpc) is 2.34. The first kappa shape index (κ1) is 14.5. The number of rotatable bonds is 5. The van der Waals surface area contributed by atoms with Crippen LogP contribution in [0.2, 0.25) is 0 Å². The summed E-state index contributed by atoms with van der Waals surface area (Å²) in [6.45, 7) is 2.81. The Bertz CT molecular complexity index is 525. The van der Waals surface area contributed by atoms with E-state index in [-0.39, 0.29) is 11.8 Å². The summed E-state index contributed by atoms with van der Waals surface area (Å²) in [7, 11) is -2.90. The predicted octanol–water partition coefficient (Wildman–Crippen LogP) is 2.13. The number of hydrogen-bond acceptors (Lipinski definition) is 3. The summed E-state index contributed by atoms with van der Waals surface area (Å²) >= 11 is 0. The summed E-state index contributed by atoms with van der Waals surface area (Å²) in [5, 5.41) is 3.37. The highest BCUT2D eigenvalue weighted by Gasteiger charge is 2.20. The van der Waals surface area contributed by atoms with Crippen LogP contribution in [0.25, 0.3) is 0 Å². The van der Waals surface area contributed by atoms with Crippen LogP contribution in [0.5, 0.6) is 0 Å². The van der Waals surface area contributed by atoms with E-state index >= 15 is 0 Å². The van der Waals surface area contributed by atoms with Crippen LogP contribution in [-0.2, 0) is 16.3 Å². The topological polar surface area (TPSA) is 46.2 Å². The lowest BCUT2D eigenvalue weighted by Crippen LogP contribution is -2.36. The van der Waals surface area contributed by atoms with E-state index in [9.17, 15) is 8.42 Å². The van der Waals surface area contributed by atoms with Crippen LogP contribution in [0.15, 0.2) is 24.3 Å². The van der Waals surface area contributed by atoms with Crippen molar-refractivity contribution in [2.24, 2.45) is 0 Å². The monoisotopic (exact) mass is 281 g/mol. The fraction of sp³-hybridized carbons (Fsp3) is 0.600. The van der Waals surface area contributed by atoms with Gasteiger partial charge in [-0.2, -0.15) is 0 Å². The summed E-state index contributed by atoms with van der Waals surface area (Å²) < 4.78 is 22.5. The molecule has 1 aromatic carbocycles. The Kier molecular flexibility index (Phi) is 4.63. The predicted molar refractivity (Wildman–Crippen MR) is 79.3 cm³/mol. The molecule has 2 unspecified atom stereocenters. The van der Waals surface area contributed by atoms with Crippen molar-refractivity contribution in [1.82, 2.24) is 5.32 Å². The molecule has 4 heteroatoms. The van der Waals surface area contributed by atoms with Crippen molar-refractivity contribution >= 4 is 9.84 Å². The largest absolute Gasteiger partial charge is 0.313 e. The van der Waals surface area contributed by atoms with Crippen LogP contribution in [-0.4, -0.2) is 33.0 Å². The molecule has 1 N–H and O–H groups in total. The minimum atomic E-state index is -2.90. The van der Waals surface area contributed by atoms with Crippen LogP contribution in [0.1, 0.15) is 36.8 Å². The Labute approximate surface area is 116 Å². The highest BCUT2D eigenvalue weighted by Crippen LogP contribution is 2.30. The summed E-state index contributed by atoms with van der Waals surface area (Å²) in [6.07, 6.45) is 4.88. The van der Waals surface area contributed by atoms with Crippen LogP contribution >= 0.6 is 0 Å². The van der Waals surface area contributed by atoms with Crippen molar-refractivity contribution in [1.29, 1.82) is 0 Å². The minimum Gasteiger partial charge on any atom is -0.313 e. The third-order valence-electron chi connectivity index (χ3n) is 3.76. The number of fused-ring (bicyclic) bond motifs is 1. The van der Waals surface area contributed by atoms with E-state index in [1.54, 1.807) is 0 Å². The molecule has 0 aromatic heterocycles. The molecule has 3 nitrogen and oxygen atoms in total. The number of sulfone groups is 1. The van der Waals surface area contributed by atoms with E-state index in [0.717, 1.165) is 6.54 Å². The Morgan fingerprint density at radius 3 is 2.84 bits per heavy atom. The number of hydrogen-bond donors (Lipinski definition) is 1. The quantitative estimate of drug-likeness (QED) is 0.899. The minimum absolute atomic E-state index is 0.0177. The van der Waals surface area contributed by atoms with E-state index in [2.05, 4.69) is 29.6 Å². The van der Waals surface area contributed by atoms with E-state index in [4.69, 9.17) is 0 Å². The van der Waals surface area contributed by atoms with Gasteiger partial charge in [0.1, 0.15) is 9.84 Å². The zero-order chi connectivity index (χ0) is 13.9. The first-order valence-corrected chi connectivity index (χ1v) is 9.00. The van der Waals surface area contributed by atoms with Crippen LogP contribution in [0.4, 0.5) is 0 Å². The molecule has 0 bridgehead atoms. The average molecular weight is 281 g/mol. The molecule has 0 heterocycles. The Hall–Kier alpha value is -0.870. The smallest absolute Gasteiger partial charge is 0.148 e. The van der Waals surface area contributed by atoms with Crippen molar-refractivity contribution in [2.75, 3.05) is 18.6 Å². The van der Waals surface area contributed by atoms with Crippen molar-refractivity contribution in [3.63, 3.8) is 0 Å². The molecule has 0 aliphatic heterocycles. The van der Waals surface area contributed by atoms with Gasteiger partial charge in [0.2, 0.25) is 0 Å². The molecule has 2 rings (SSSR count). The lowest BCUT2D eigenvalue weighted by molar-refractivity contribution is 0.477. The number of aryl methyl sites for hydroxylation is 1. The van der Waals surface area contributed by atoms with E-state index < -0.39 is 9.84 Å². The van der Waals surface area contributed by atoms with Crippen molar-refractivity contribution in [2.45, 2.75) is 38.1 Å². The Morgan fingerprint density at radius 2 is 2.11 bits per heavy atom. The van der Waals surface area contributed by atoms with Gasteiger partial charge in [-0.3, -0.25) is 0 Å². The van der Waals surface area contributed by atoms with Gasteiger partial charge in [-0.25, -0.2) is 8.42 Å². The van der Waals surface area contributed by atoms with Gasteiger partial charge in [0.15, 0.2) is 0 Å². The second-order valence-corrected chi connectivity index (χ2v) is 7.87. The first-order valence-electron chi connectivity index (χ1n) is 6.94. The summed E-state index contributed by atoms with van der Waals surface area (Å²) in [5.74, 6) is 0.730. The third-order valence-corrected chi connectivity index (χ3v) is 4.86. The van der Waals surface area contributed by atoms with Crippen LogP contribution in [0.3, 0.4) is 0 Å². The first-order chi connectivity index (χ1) is 8.96. The maximum Gasteiger partial charge on any atom is 0.148 e. The summed E-state index contributed by atoms with van der Waals surface area (Å²) in [4.78, 5) is 0. The normalized spacial score (nSPS) is 20.8. The molecular formula is C15H23NO2S. The SMILES string of the molecule is CC(CS(C)(=O)=O)NCC1CCCc2ccccc21. The third kappa shape index (κ3) is 4.32. The van der Waals surface area contributed by atoms with E-state index in [0.29, 0.717) is 5.92 Å². The molecule has 0 radical (unpaired) electrons. The van der Waals surface area contributed by atoms with Crippen molar-refractivity contribution < 1.29 is 8.42 Å². The molecule has 2 atom stereocenters. The molecule has 0 amide bonds. The van der Waals surface area contributed by atoms with Crippen molar-refractivity contribution in [3.05, 3.63) is 35.4 Å². The molecule has 0 fully saturated rings. The maximum atomic E-state index is 11.3. The zero-order valence-electron chi connectivity index (χ0n) is 11.7. The molecule has 0 saturated heterocycles. The Morgan fingerprint density at radius 1 is 1.37 bits per heavy atom. The van der Waals surface area contributed by atoms with Gasteiger partial charge in [-0.1, -0.05) is 24.3 Å². The number of benzene rings is 1. The van der Waals surface area contributed by atoms with Gasteiger partial charge in [0, 0.05) is 18.8 Å². The maximum absolute atomic E-state index is 11.3. The van der Waals surface area contributed by atoms with Gasteiger partial charge < -0.3 is 5.32 Å². The highest BCUT2D eigenvalue weighted by atomic mass is 32.2. The Balaban J connectivity index is 1.94. The lowest BCUT2D eigenvalue weighted by Gasteiger charge is -2.27. The van der Waals surface area contributed by atoms with Gasteiger partial charge in [0.05, 0.1) is 5.75 Å². The highest BCUT2D eigenvalue weighted by molar-refractivity contribution is 7.90. The van der Waals surface area contributed by atoms with Crippen LogP contribution in [0, 0.1) is 0 Å². The molecule has 1 aromatic rings. The lowest BCUT2D eigenvalue weighted by atomic mass is 9.83. The second kappa shape index (κ2) is 6.06.